The molecule has 2 unspecified atom stereocenters. The molecule has 3 heteroatoms. The molecule has 2 atom stereocenters. The van der Waals surface area contributed by atoms with Crippen molar-refractivity contribution < 1.29 is 9.53 Å². The molecule has 2 rings (SSSR count). The first kappa shape index (κ1) is 12.9. The second-order valence-corrected chi connectivity index (χ2v) is 6.95. The van der Waals surface area contributed by atoms with Crippen LogP contribution in [0.5, 0.6) is 0 Å². The highest BCUT2D eigenvalue weighted by molar-refractivity contribution is 5.81. The van der Waals surface area contributed by atoms with Gasteiger partial charge in [-0.3, -0.25) is 4.79 Å². The number of ether oxygens (including phenoxy) is 1. The van der Waals surface area contributed by atoms with Gasteiger partial charge in [-0.1, -0.05) is 20.8 Å². The number of esters is 1. The van der Waals surface area contributed by atoms with E-state index in [4.69, 9.17) is 10.5 Å². The van der Waals surface area contributed by atoms with E-state index in [2.05, 4.69) is 20.8 Å². The van der Waals surface area contributed by atoms with Gasteiger partial charge < -0.3 is 10.5 Å². The van der Waals surface area contributed by atoms with E-state index in [1.54, 1.807) is 0 Å². The van der Waals surface area contributed by atoms with Crippen molar-refractivity contribution >= 4 is 5.97 Å². The molecule has 2 aliphatic carbocycles. The molecule has 2 aliphatic rings. The van der Waals surface area contributed by atoms with Crippen LogP contribution in [0, 0.1) is 11.3 Å². The van der Waals surface area contributed by atoms with Crippen LogP contribution < -0.4 is 5.73 Å². The lowest BCUT2D eigenvalue weighted by Gasteiger charge is -2.41. The summed E-state index contributed by atoms with van der Waals surface area (Å²) in [6, 6.07) is 0. The normalized spacial score (nSPS) is 34.8. The molecule has 0 aromatic rings. The standard InChI is InChI=1S/C14H25NO2/c1-10-7-11(9-13(2,3)8-10)17-12(16)14(15)5-4-6-14/h10-11H,4-9,15H2,1-3H3. The zero-order chi connectivity index (χ0) is 12.7. The van der Waals surface area contributed by atoms with Gasteiger partial charge in [-0.15, -0.1) is 0 Å². The van der Waals surface area contributed by atoms with Crippen molar-refractivity contribution in [1.29, 1.82) is 0 Å². The van der Waals surface area contributed by atoms with E-state index in [0.717, 1.165) is 32.1 Å². The van der Waals surface area contributed by atoms with Crippen LogP contribution in [-0.4, -0.2) is 17.6 Å². The van der Waals surface area contributed by atoms with Crippen molar-refractivity contribution in [3.8, 4) is 0 Å². The van der Waals surface area contributed by atoms with Gasteiger partial charge in [-0.2, -0.15) is 0 Å². The first-order valence-corrected chi connectivity index (χ1v) is 6.81. The summed E-state index contributed by atoms with van der Waals surface area (Å²) in [5.74, 6) is 0.463. The summed E-state index contributed by atoms with van der Waals surface area (Å²) >= 11 is 0. The van der Waals surface area contributed by atoms with Crippen molar-refractivity contribution in [2.75, 3.05) is 0 Å². The SMILES string of the molecule is CC1CC(OC(=O)C2(N)CCC2)CC(C)(C)C1. The van der Waals surface area contributed by atoms with Crippen LogP contribution in [0.25, 0.3) is 0 Å². The largest absolute Gasteiger partial charge is 0.461 e. The summed E-state index contributed by atoms with van der Waals surface area (Å²) in [5.41, 5.74) is 5.61. The van der Waals surface area contributed by atoms with Crippen LogP contribution in [0.15, 0.2) is 0 Å². The van der Waals surface area contributed by atoms with Crippen LogP contribution in [0.4, 0.5) is 0 Å². The quantitative estimate of drug-likeness (QED) is 0.754. The van der Waals surface area contributed by atoms with Crippen LogP contribution in [0.1, 0.15) is 59.3 Å². The fourth-order valence-corrected chi connectivity index (χ4v) is 3.38. The summed E-state index contributed by atoms with van der Waals surface area (Å²) in [4.78, 5) is 12.0. The minimum Gasteiger partial charge on any atom is -0.461 e. The number of hydrogen-bond donors (Lipinski definition) is 1. The van der Waals surface area contributed by atoms with E-state index >= 15 is 0 Å². The highest BCUT2D eigenvalue weighted by Crippen LogP contribution is 2.40. The maximum Gasteiger partial charge on any atom is 0.326 e. The van der Waals surface area contributed by atoms with Crippen molar-refractivity contribution in [3.63, 3.8) is 0 Å². The summed E-state index contributed by atoms with van der Waals surface area (Å²) in [6.07, 6.45) is 5.88. The van der Waals surface area contributed by atoms with E-state index in [0.29, 0.717) is 5.92 Å². The second kappa shape index (κ2) is 4.27. The number of hydrogen-bond acceptors (Lipinski definition) is 3. The minimum atomic E-state index is -0.662. The smallest absolute Gasteiger partial charge is 0.326 e. The fraction of sp³-hybridized carbons (Fsp3) is 0.929. The highest BCUT2D eigenvalue weighted by atomic mass is 16.5. The highest BCUT2D eigenvalue weighted by Gasteiger charge is 2.44. The molecule has 2 fully saturated rings. The lowest BCUT2D eigenvalue weighted by Crippen LogP contribution is -2.55. The monoisotopic (exact) mass is 239 g/mol. The molecule has 0 heterocycles. The van der Waals surface area contributed by atoms with Crippen LogP contribution in [-0.2, 0) is 9.53 Å². The van der Waals surface area contributed by atoms with Gasteiger partial charge in [0.2, 0.25) is 0 Å². The van der Waals surface area contributed by atoms with Crippen molar-refractivity contribution in [2.24, 2.45) is 17.1 Å². The topological polar surface area (TPSA) is 52.3 Å². The first-order valence-electron chi connectivity index (χ1n) is 6.81. The van der Waals surface area contributed by atoms with E-state index < -0.39 is 5.54 Å². The Hall–Kier alpha value is -0.570. The second-order valence-electron chi connectivity index (χ2n) is 6.95. The van der Waals surface area contributed by atoms with Crippen molar-refractivity contribution in [2.45, 2.75) is 70.9 Å². The third-order valence-electron chi connectivity index (χ3n) is 4.27. The molecule has 0 spiro atoms. The fourth-order valence-electron chi connectivity index (χ4n) is 3.38. The van der Waals surface area contributed by atoms with E-state index in [1.165, 1.54) is 6.42 Å². The van der Waals surface area contributed by atoms with Gasteiger partial charge in [0.05, 0.1) is 0 Å². The van der Waals surface area contributed by atoms with Gasteiger partial charge in [-0.05, 0) is 49.9 Å². The molecule has 0 amide bonds. The lowest BCUT2D eigenvalue weighted by molar-refractivity contribution is -0.163. The number of nitrogens with two attached hydrogens (primary N) is 1. The van der Waals surface area contributed by atoms with E-state index in [9.17, 15) is 4.79 Å². The van der Waals surface area contributed by atoms with Crippen molar-refractivity contribution in [1.82, 2.24) is 0 Å². The molecule has 0 radical (unpaired) electrons. The van der Waals surface area contributed by atoms with Crippen LogP contribution in [0.3, 0.4) is 0 Å². The lowest BCUT2D eigenvalue weighted by atomic mass is 9.71. The van der Waals surface area contributed by atoms with Gasteiger partial charge in [-0.25, -0.2) is 0 Å². The third kappa shape index (κ3) is 2.82. The number of rotatable bonds is 2. The number of carbonyl (C=O) groups is 1. The zero-order valence-electron chi connectivity index (χ0n) is 11.3. The van der Waals surface area contributed by atoms with Crippen LogP contribution >= 0.6 is 0 Å². The van der Waals surface area contributed by atoms with Gasteiger partial charge in [0.25, 0.3) is 0 Å². The van der Waals surface area contributed by atoms with Gasteiger partial charge in [0.1, 0.15) is 11.6 Å². The molecule has 3 nitrogen and oxygen atoms in total. The Morgan fingerprint density at radius 3 is 2.41 bits per heavy atom. The summed E-state index contributed by atoms with van der Waals surface area (Å²) in [5, 5.41) is 0. The van der Waals surface area contributed by atoms with Crippen LogP contribution in [0.2, 0.25) is 0 Å². The Balaban J connectivity index is 1.92. The Labute approximate surface area is 104 Å². The minimum absolute atomic E-state index is 0.0716. The van der Waals surface area contributed by atoms with E-state index in [1.807, 2.05) is 0 Å². The summed E-state index contributed by atoms with van der Waals surface area (Å²) in [6.45, 7) is 6.75. The molecular formula is C14H25NO2. The van der Waals surface area contributed by atoms with Gasteiger partial charge in [0.15, 0.2) is 0 Å². The molecule has 0 aromatic heterocycles. The Bertz CT molecular complexity index is 307. The Morgan fingerprint density at radius 2 is 1.94 bits per heavy atom. The van der Waals surface area contributed by atoms with Crippen molar-refractivity contribution in [3.05, 3.63) is 0 Å². The van der Waals surface area contributed by atoms with Gasteiger partial charge in [0, 0.05) is 0 Å². The molecule has 98 valence electrons. The summed E-state index contributed by atoms with van der Waals surface area (Å²) < 4.78 is 5.64. The molecule has 0 aliphatic heterocycles. The maximum atomic E-state index is 12.0. The molecule has 17 heavy (non-hydrogen) atoms. The van der Waals surface area contributed by atoms with Gasteiger partial charge >= 0.3 is 5.97 Å². The average molecular weight is 239 g/mol. The molecule has 2 saturated carbocycles. The predicted octanol–water partition coefficient (Wildman–Crippen LogP) is 2.63. The molecule has 2 N–H and O–H groups in total. The number of carbonyl (C=O) groups excluding carboxylic acids is 1. The first-order chi connectivity index (χ1) is 7.81. The molecule has 0 bridgehead atoms. The molecular weight excluding hydrogens is 214 g/mol. The predicted molar refractivity (Wildman–Crippen MR) is 67.4 cm³/mol. The maximum absolute atomic E-state index is 12.0. The van der Waals surface area contributed by atoms with E-state index in [-0.39, 0.29) is 17.5 Å². The third-order valence-corrected chi connectivity index (χ3v) is 4.27. The Kier molecular flexibility index (Phi) is 3.23. The summed E-state index contributed by atoms with van der Waals surface area (Å²) in [7, 11) is 0. The Morgan fingerprint density at radius 1 is 1.29 bits per heavy atom. The molecule has 0 saturated heterocycles. The average Bonchev–Trinajstić information content (AvgIpc) is 2.10. The zero-order valence-corrected chi connectivity index (χ0v) is 11.3. The molecule has 0 aromatic carbocycles.